The average Bonchev–Trinajstić information content (AvgIpc) is 1.72. The fraction of sp³-hybridized carbons (Fsp3) is 0.530. The molecule has 0 spiro atoms. The number of rotatable bonds is 16. The number of para-hydroxylation sites is 1. The third kappa shape index (κ3) is 28.3. The van der Waals surface area contributed by atoms with Crippen LogP contribution >= 0.6 is 104 Å². The van der Waals surface area contributed by atoms with Crippen LogP contribution in [0.3, 0.4) is 0 Å². The van der Waals surface area contributed by atoms with E-state index in [2.05, 4.69) is 15.9 Å². The van der Waals surface area contributed by atoms with Gasteiger partial charge in [-0.25, -0.2) is 14.4 Å². The predicted molar refractivity (Wildman–Crippen MR) is 379 cm³/mol. The molecule has 29 heteroatoms. The highest BCUT2D eigenvalue weighted by atomic mass is 35.6. The topological polar surface area (TPSA) is 209 Å². The van der Waals surface area contributed by atoms with Gasteiger partial charge in [0.25, 0.3) is 0 Å². The second-order valence-corrected chi connectivity index (χ2v) is 29.2. The van der Waals surface area contributed by atoms with Gasteiger partial charge in [0, 0.05) is 105 Å². The Hall–Kier alpha value is -5.12. The molecule has 4 amide bonds. The number of carboxylic acid groups (broad SMARTS) is 1. The Bertz CT molecular complexity index is 3020. The fourth-order valence-corrected chi connectivity index (χ4v) is 11.2. The zero-order valence-corrected chi connectivity index (χ0v) is 62.0. The summed E-state index contributed by atoms with van der Waals surface area (Å²) < 4.78 is 15.0. The van der Waals surface area contributed by atoms with Crippen LogP contribution in [0.1, 0.15) is 83.1 Å². The van der Waals surface area contributed by atoms with Crippen molar-refractivity contribution in [3.8, 4) is 6.07 Å². The van der Waals surface area contributed by atoms with Crippen LogP contribution in [0.15, 0.2) is 115 Å². The molecule has 4 aliphatic rings. The van der Waals surface area contributed by atoms with Crippen molar-refractivity contribution in [2.24, 2.45) is 0 Å². The summed E-state index contributed by atoms with van der Waals surface area (Å²) >= 11 is 50.7. The quantitative estimate of drug-likeness (QED) is 0.0628. The third-order valence-electron chi connectivity index (χ3n) is 15.4. The van der Waals surface area contributed by atoms with Crippen molar-refractivity contribution < 1.29 is 52.8 Å². The minimum Gasteiger partial charge on any atom is -0.480 e. The number of carbonyl (C=O) groups is 6. The molecule has 0 radical (unpaired) electrons. The Morgan fingerprint density at radius 1 is 0.495 bits per heavy atom. The van der Waals surface area contributed by atoms with Crippen molar-refractivity contribution >= 4 is 146 Å². The van der Waals surface area contributed by atoms with Crippen molar-refractivity contribution in [1.82, 2.24) is 34.3 Å². The molecule has 6 atom stereocenters. The van der Waals surface area contributed by atoms with Crippen LogP contribution in [0.25, 0.3) is 0 Å². The van der Waals surface area contributed by atoms with Crippen LogP contribution in [-0.4, -0.2) is 217 Å². The van der Waals surface area contributed by atoms with Crippen molar-refractivity contribution in [2.75, 3.05) is 98.8 Å². The largest absolute Gasteiger partial charge is 0.480 e. The molecular formula is C66H88Cl9N9O11. The van der Waals surface area contributed by atoms with Gasteiger partial charge in [0.1, 0.15) is 38.0 Å². The van der Waals surface area contributed by atoms with Gasteiger partial charge in [-0.05, 0) is 48.1 Å². The molecule has 8 rings (SSSR count). The normalized spacial score (nSPS) is 19.5. The first-order valence-electron chi connectivity index (χ1n) is 31.1. The van der Waals surface area contributed by atoms with E-state index in [4.69, 9.17) is 123 Å². The number of hydrogen-bond acceptors (Lipinski definition) is 15. The van der Waals surface area contributed by atoms with Gasteiger partial charge < -0.3 is 48.6 Å². The van der Waals surface area contributed by atoms with E-state index in [1.165, 1.54) is 21.8 Å². The SMILES string of the molecule is CC.CC.CC.CN(C(=O)OCC(Cl)(Cl)Cl)[C@H]1C[C@@H](C(=O)N2CCN(c3ccccc3C#N)CC2)N(Cc2ccccc2)C1.CN(C(=O)OCC(Cl)(Cl)Cl)[C@H]1C[C@@H](C(=O)O)N(Cc2ccccc2)C1.COC(=O)[C@@H]1C[C@H](N(C)C(=O)OCC(Cl)(Cl)Cl)CN1Cc1ccccc1. The van der Waals surface area contributed by atoms with E-state index >= 15 is 0 Å². The van der Waals surface area contributed by atoms with Crippen LogP contribution in [0, 0.1) is 11.3 Å². The monoisotopic (exact) mass is 1500 g/mol. The molecule has 95 heavy (non-hydrogen) atoms. The Morgan fingerprint density at radius 2 is 0.811 bits per heavy atom. The summed E-state index contributed by atoms with van der Waals surface area (Å²) in [5.74, 6) is -1.20. The molecule has 0 saturated carbocycles. The molecule has 4 heterocycles. The maximum Gasteiger partial charge on any atom is 0.409 e. The molecule has 20 nitrogen and oxygen atoms in total. The minimum absolute atomic E-state index is 0.0414. The van der Waals surface area contributed by atoms with Crippen LogP contribution in [0.5, 0.6) is 0 Å². The van der Waals surface area contributed by atoms with Crippen molar-refractivity contribution in [3.05, 3.63) is 138 Å². The van der Waals surface area contributed by atoms with E-state index in [0.717, 1.165) is 22.4 Å². The number of aliphatic carboxylic acids is 1. The number of carbonyl (C=O) groups excluding carboxylic acids is 5. The smallest absolute Gasteiger partial charge is 0.409 e. The number of piperazine rings is 1. The zero-order chi connectivity index (χ0) is 71.2. The zero-order valence-electron chi connectivity index (χ0n) is 55.2. The molecular weight excluding hydrogens is 1410 g/mol. The number of hydrogen-bond donors (Lipinski definition) is 1. The van der Waals surface area contributed by atoms with Crippen LogP contribution < -0.4 is 4.90 Å². The second-order valence-electron chi connectivity index (χ2n) is 21.6. The molecule has 4 fully saturated rings. The molecule has 0 bridgehead atoms. The summed E-state index contributed by atoms with van der Waals surface area (Å²) in [4.78, 5) is 88.7. The lowest BCUT2D eigenvalue weighted by molar-refractivity contribution is -0.146. The van der Waals surface area contributed by atoms with Gasteiger partial charge in [0.15, 0.2) is 0 Å². The van der Waals surface area contributed by atoms with E-state index in [0.29, 0.717) is 90.3 Å². The van der Waals surface area contributed by atoms with Gasteiger partial charge in [-0.3, -0.25) is 29.1 Å². The Labute approximate surface area is 604 Å². The van der Waals surface area contributed by atoms with E-state index in [-0.39, 0.29) is 55.9 Å². The Balaban J connectivity index is 0.000000367. The number of likely N-dealkylation sites (N-methyl/N-ethyl adjacent to an activating group) is 3. The number of ether oxygens (including phenoxy) is 4. The number of halogens is 9. The minimum atomic E-state index is -1.69. The number of methoxy groups -OCH3 is 1. The average molecular weight is 1500 g/mol. The molecule has 4 saturated heterocycles. The summed E-state index contributed by atoms with van der Waals surface area (Å²) in [5.41, 5.74) is 4.69. The fourth-order valence-electron chi connectivity index (χ4n) is 10.8. The number of esters is 1. The van der Waals surface area contributed by atoms with Gasteiger partial charge in [-0.15, -0.1) is 0 Å². The molecule has 0 aromatic heterocycles. The van der Waals surface area contributed by atoms with Crippen molar-refractivity contribution in [1.29, 1.82) is 5.26 Å². The highest BCUT2D eigenvalue weighted by molar-refractivity contribution is 6.68. The van der Waals surface area contributed by atoms with Crippen molar-refractivity contribution in [3.63, 3.8) is 0 Å². The first-order chi connectivity index (χ1) is 45.0. The maximum atomic E-state index is 13.8. The third-order valence-corrected chi connectivity index (χ3v) is 16.4. The van der Waals surface area contributed by atoms with Crippen LogP contribution in [0.4, 0.5) is 20.1 Å². The van der Waals surface area contributed by atoms with E-state index in [1.54, 1.807) is 21.1 Å². The lowest BCUT2D eigenvalue weighted by Crippen LogP contribution is -2.53. The summed E-state index contributed by atoms with van der Waals surface area (Å²) in [6, 6.07) is 36.8. The summed E-state index contributed by atoms with van der Waals surface area (Å²) in [6.07, 6.45) is -0.629. The number of nitriles is 1. The lowest BCUT2D eigenvalue weighted by atomic mass is 10.1. The number of amides is 4. The summed E-state index contributed by atoms with van der Waals surface area (Å²) in [5, 5.41) is 18.9. The van der Waals surface area contributed by atoms with Gasteiger partial charge >= 0.3 is 30.2 Å². The number of likely N-dealkylation sites (tertiary alicyclic amines) is 3. The van der Waals surface area contributed by atoms with Gasteiger partial charge in [-0.2, -0.15) is 5.26 Å². The van der Waals surface area contributed by atoms with Gasteiger partial charge in [-0.1, -0.05) is 249 Å². The predicted octanol–water partition coefficient (Wildman–Crippen LogP) is 13.8. The second kappa shape index (κ2) is 42.0. The van der Waals surface area contributed by atoms with Crippen molar-refractivity contribution in [2.45, 2.75) is 128 Å². The molecule has 4 aromatic rings. The number of benzene rings is 4. The molecule has 4 aromatic carbocycles. The molecule has 4 aliphatic heterocycles. The Morgan fingerprint density at radius 3 is 1.15 bits per heavy atom. The van der Waals surface area contributed by atoms with Crippen LogP contribution in [0.2, 0.25) is 0 Å². The molecule has 0 aliphatic carbocycles. The maximum absolute atomic E-state index is 13.8. The standard InChI is InChI=1S/C27H30Cl3N5O3.C17H21Cl3N2O4.C16H19Cl3N2O4.3C2H6/c1-32(26(37)38-19-27(28,29)30)22-15-24(35(18-22)17-20-7-3-2-4-8-20)25(36)34-13-11-33(12-14-34)23-10-6-5-9-21(23)16-31;1-21(16(24)26-11-17(18,19)20)13-8-14(15(23)25-2)22(10-13)9-12-6-4-3-5-7-12;1-20(15(24)25-10-16(17,18)19)12-7-13(14(22)23)21(9-12)8-11-5-3-2-4-6-11;3*1-2/h2-10,22,24H,11-15,17-19H2,1H3;3-7,13-14H,8-11H2,1-2H3;2-6,12-13H,7-10H2,1H3,(H,22,23);3*1-2H3/t22-,24-;13-,14-;12-,13-;;;/m000.../s1. The van der Waals surface area contributed by atoms with E-state index < -0.39 is 47.7 Å². The van der Waals surface area contributed by atoms with Crippen LogP contribution in [-0.2, 0) is 53.0 Å². The number of nitrogens with zero attached hydrogens (tertiary/aromatic N) is 9. The van der Waals surface area contributed by atoms with Gasteiger partial charge in [0.05, 0.1) is 24.4 Å². The van der Waals surface area contributed by atoms with Gasteiger partial charge in [0.2, 0.25) is 17.3 Å². The Kier molecular flexibility index (Phi) is 37.2. The number of alkyl halides is 9. The number of anilines is 1. The van der Waals surface area contributed by atoms with E-state index in [9.17, 15) is 39.1 Å². The highest BCUT2D eigenvalue weighted by Crippen LogP contribution is 2.33. The lowest BCUT2D eigenvalue weighted by Gasteiger charge is -2.38. The molecule has 1 N–H and O–H groups in total. The summed E-state index contributed by atoms with van der Waals surface area (Å²) in [6.45, 7) is 16.4. The summed E-state index contributed by atoms with van der Waals surface area (Å²) in [7, 11) is 6.15. The molecule has 0 unspecified atom stereocenters. The first-order valence-corrected chi connectivity index (χ1v) is 34.5. The van der Waals surface area contributed by atoms with E-state index in [1.807, 2.05) is 172 Å². The number of carboxylic acids is 1. The molecule has 526 valence electrons. The highest BCUT2D eigenvalue weighted by Gasteiger charge is 2.45. The first kappa shape index (κ1) is 84.1.